The van der Waals surface area contributed by atoms with Gasteiger partial charge in [0.2, 0.25) is 0 Å². The summed E-state index contributed by atoms with van der Waals surface area (Å²) >= 11 is 0. The van der Waals surface area contributed by atoms with Crippen LogP contribution in [0.3, 0.4) is 0 Å². The van der Waals surface area contributed by atoms with Gasteiger partial charge in [-0.1, -0.05) is 13.8 Å². The van der Waals surface area contributed by atoms with Gasteiger partial charge in [-0.25, -0.2) is 0 Å². The summed E-state index contributed by atoms with van der Waals surface area (Å²) in [6.07, 6.45) is 2.87. The maximum Gasteiger partial charge on any atom is 0.253 e. The number of nitrogens with zero attached hydrogens (tertiary/aromatic N) is 2. The van der Waals surface area contributed by atoms with Gasteiger partial charge < -0.3 is 5.32 Å². The van der Waals surface area contributed by atoms with E-state index in [2.05, 4.69) is 5.32 Å². The number of hydrogen-bond acceptors (Lipinski definition) is 5. The summed E-state index contributed by atoms with van der Waals surface area (Å²) in [6.45, 7) is 4.87. The van der Waals surface area contributed by atoms with Crippen LogP contribution in [0.1, 0.15) is 26.7 Å². The third-order valence-corrected chi connectivity index (χ3v) is 1.24. The number of nitrogens with one attached hydrogen (secondary N) is 1. The Morgan fingerprint density at radius 1 is 1.33 bits per heavy atom. The molecule has 0 unspecified atom stereocenters. The van der Waals surface area contributed by atoms with Gasteiger partial charge >= 0.3 is 0 Å². The van der Waals surface area contributed by atoms with Crippen LogP contribution in [0.4, 0.5) is 0 Å². The molecule has 7 heteroatoms. The number of nitro groups is 2. The lowest BCUT2D eigenvalue weighted by molar-refractivity contribution is -0.445. The fourth-order valence-corrected chi connectivity index (χ4v) is 0.854. The van der Waals surface area contributed by atoms with Crippen molar-refractivity contribution in [2.75, 3.05) is 13.6 Å². The molecule has 1 heterocycles. The fourth-order valence-electron chi connectivity index (χ4n) is 0.854. The molecule has 0 aliphatic carbocycles. The van der Waals surface area contributed by atoms with Gasteiger partial charge in [-0.15, -0.1) is 0 Å². The Hall–Kier alpha value is -1.66. The van der Waals surface area contributed by atoms with Crippen LogP contribution in [0.15, 0.2) is 11.9 Å². The molecule has 7 nitrogen and oxygen atoms in total. The van der Waals surface area contributed by atoms with Gasteiger partial charge in [0.15, 0.2) is 7.05 Å². The van der Waals surface area contributed by atoms with Gasteiger partial charge in [0, 0.05) is 11.5 Å². The zero-order valence-electron chi connectivity index (χ0n) is 9.23. The largest absolute Gasteiger partial charge is 0.383 e. The van der Waals surface area contributed by atoms with Gasteiger partial charge in [0.25, 0.3) is 6.20 Å². The van der Waals surface area contributed by atoms with Gasteiger partial charge in [0.05, 0.1) is 10.6 Å². The van der Waals surface area contributed by atoms with E-state index in [4.69, 9.17) is 10.1 Å². The van der Waals surface area contributed by atoms with E-state index in [1.165, 1.54) is 0 Å². The summed E-state index contributed by atoms with van der Waals surface area (Å²) < 4.78 is 0. The number of rotatable bonds is 1. The van der Waals surface area contributed by atoms with Crippen molar-refractivity contribution in [2.45, 2.75) is 26.7 Å². The summed E-state index contributed by atoms with van der Waals surface area (Å²) in [5, 5.41) is 21.6. The molecule has 1 N–H and O–H groups in total. The topological polar surface area (TPSA) is 98.3 Å². The van der Waals surface area contributed by atoms with Gasteiger partial charge in [-0.3, -0.25) is 20.2 Å². The summed E-state index contributed by atoms with van der Waals surface area (Å²) in [7, 11) is 0.889. The van der Waals surface area contributed by atoms with E-state index in [1.807, 2.05) is 13.8 Å². The Morgan fingerprint density at radius 2 is 1.80 bits per heavy atom. The van der Waals surface area contributed by atoms with Crippen LogP contribution < -0.4 is 5.32 Å². The van der Waals surface area contributed by atoms with Crippen molar-refractivity contribution in [1.29, 1.82) is 0 Å². The van der Waals surface area contributed by atoms with Crippen LogP contribution in [-0.4, -0.2) is 23.4 Å². The SMILES string of the molecule is CC.C[N+](=O)[O-].O=[N+]([O-])C=C1CCCN1. The standard InChI is InChI=1S/C5H8N2O2.C2H6.CH3NO2/c8-7(9)4-5-2-1-3-6-5;1-2;1-2(3)4/h4,6H,1-3H2;1-2H3;1H3. The highest BCUT2D eigenvalue weighted by Crippen LogP contribution is 2.07. The lowest BCUT2D eigenvalue weighted by Crippen LogP contribution is -2.05. The van der Waals surface area contributed by atoms with E-state index in [-0.39, 0.29) is 0 Å². The van der Waals surface area contributed by atoms with Crippen molar-refractivity contribution < 1.29 is 9.85 Å². The Kier molecular flexibility index (Phi) is 11.0. The van der Waals surface area contributed by atoms with Gasteiger partial charge in [0.1, 0.15) is 0 Å². The van der Waals surface area contributed by atoms with E-state index < -0.39 is 9.85 Å². The quantitative estimate of drug-likeness (QED) is 0.531. The molecule has 0 aromatic heterocycles. The molecule has 88 valence electrons. The first-order chi connectivity index (χ1) is 7.02. The zero-order valence-corrected chi connectivity index (χ0v) is 9.23. The normalized spacial score (nSPS) is 15.3. The highest BCUT2D eigenvalue weighted by atomic mass is 16.6. The van der Waals surface area contributed by atoms with Crippen molar-refractivity contribution in [3.05, 3.63) is 32.1 Å². The van der Waals surface area contributed by atoms with E-state index >= 15 is 0 Å². The highest BCUT2D eigenvalue weighted by Gasteiger charge is 2.07. The average Bonchev–Trinajstić information content (AvgIpc) is 2.58. The molecule has 0 bridgehead atoms. The molecule has 0 aromatic carbocycles. The molecule has 1 aliphatic heterocycles. The summed E-state index contributed by atoms with van der Waals surface area (Å²) in [5.41, 5.74) is 0.750. The van der Waals surface area contributed by atoms with Crippen molar-refractivity contribution in [3.8, 4) is 0 Å². The second-order valence-corrected chi connectivity index (χ2v) is 2.41. The summed E-state index contributed by atoms with van der Waals surface area (Å²) in [5.74, 6) is 0. The van der Waals surface area contributed by atoms with Crippen LogP contribution in [0, 0.1) is 20.2 Å². The van der Waals surface area contributed by atoms with Crippen molar-refractivity contribution in [2.24, 2.45) is 0 Å². The minimum absolute atomic E-state index is 0.423. The van der Waals surface area contributed by atoms with Gasteiger partial charge in [-0.2, -0.15) is 0 Å². The van der Waals surface area contributed by atoms with E-state index in [1.54, 1.807) is 0 Å². The molecule has 1 saturated heterocycles. The highest BCUT2D eigenvalue weighted by molar-refractivity contribution is 4.99. The molecule has 0 radical (unpaired) electrons. The first kappa shape index (κ1) is 15.8. The summed E-state index contributed by atoms with van der Waals surface area (Å²) in [6, 6.07) is 0. The molecular formula is C8H17N3O4. The second kappa shape index (κ2) is 10.4. The lowest BCUT2D eigenvalue weighted by Gasteiger charge is -1.89. The molecule has 1 rings (SSSR count). The van der Waals surface area contributed by atoms with E-state index in [9.17, 15) is 10.1 Å². The predicted molar refractivity (Wildman–Crippen MR) is 56.6 cm³/mol. The maximum absolute atomic E-state index is 9.84. The van der Waals surface area contributed by atoms with E-state index in [0.717, 1.165) is 38.3 Å². The van der Waals surface area contributed by atoms with Crippen LogP contribution in [-0.2, 0) is 0 Å². The third kappa shape index (κ3) is 15.1. The summed E-state index contributed by atoms with van der Waals surface area (Å²) in [4.78, 5) is 17.7. The predicted octanol–water partition coefficient (Wildman–Crippen LogP) is 1.41. The monoisotopic (exact) mass is 219 g/mol. The Bertz CT molecular complexity index is 216. The van der Waals surface area contributed by atoms with Crippen LogP contribution in [0.5, 0.6) is 0 Å². The minimum Gasteiger partial charge on any atom is -0.383 e. The second-order valence-electron chi connectivity index (χ2n) is 2.41. The Labute approximate surface area is 88.5 Å². The molecule has 0 spiro atoms. The molecule has 0 saturated carbocycles. The Morgan fingerprint density at radius 3 is 2.07 bits per heavy atom. The number of hydrogen-bond donors (Lipinski definition) is 1. The first-order valence-electron chi connectivity index (χ1n) is 4.68. The fraction of sp³-hybridized carbons (Fsp3) is 0.750. The van der Waals surface area contributed by atoms with E-state index in [0.29, 0.717) is 0 Å². The third-order valence-electron chi connectivity index (χ3n) is 1.24. The van der Waals surface area contributed by atoms with Crippen molar-refractivity contribution >= 4 is 0 Å². The van der Waals surface area contributed by atoms with Gasteiger partial charge in [-0.05, 0) is 12.8 Å². The van der Waals surface area contributed by atoms with Crippen LogP contribution in [0.2, 0.25) is 0 Å². The van der Waals surface area contributed by atoms with Crippen LogP contribution in [0.25, 0.3) is 0 Å². The molecule has 1 fully saturated rings. The smallest absolute Gasteiger partial charge is 0.253 e. The molecule has 0 atom stereocenters. The number of allylic oxidation sites excluding steroid dienone is 1. The average molecular weight is 219 g/mol. The molecular weight excluding hydrogens is 202 g/mol. The Balaban J connectivity index is 0. The molecule has 15 heavy (non-hydrogen) atoms. The molecule has 0 amide bonds. The van der Waals surface area contributed by atoms with Crippen molar-refractivity contribution in [3.63, 3.8) is 0 Å². The molecule has 0 aromatic rings. The first-order valence-corrected chi connectivity index (χ1v) is 4.68. The minimum atomic E-state index is -0.500. The van der Waals surface area contributed by atoms with Crippen LogP contribution >= 0.6 is 0 Å². The molecule has 1 aliphatic rings. The lowest BCUT2D eigenvalue weighted by atomic mass is 10.3. The zero-order chi connectivity index (χ0) is 12.3. The maximum atomic E-state index is 9.84. The van der Waals surface area contributed by atoms with Crippen molar-refractivity contribution in [1.82, 2.24) is 5.32 Å².